The summed E-state index contributed by atoms with van der Waals surface area (Å²) in [4.78, 5) is 12.2. The lowest BCUT2D eigenvalue weighted by Crippen LogP contribution is -2.38. The van der Waals surface area contributed by atoms with Crippen molar-refractivity contribution in [2.24, 2.45) is 0 Å². The van der Waals surface area contributed by atoms with E-state index in [-0.39, 0.29) is 18.1 Å². The molecule has 3 N–H and O–H groups in total. The molecule has 0 heterocycles. The van der Waals surface area contributed by atoms with E-state index in [9.17, 15) is 13.2 Å². The molecule has 25 heavy (non-hydrogen) atoms. The van der Waals surface area contributed by atoms with Crippen LogP contribution in [0.3, 0.4) is 0 Å². The molecule has 0 saturated heterocycles. The molecule has 0 bridgehead atoms. The van der Waals surface area contributed by atoms with Crippen LogP contribution in [0.2, 0.25) is 0 Å². The number of rotatable bonds is 6. The molecule has 0 spiro atoms. The molecule has 2 aromatic rings. The predicted molar refractivity (Wildman–Crippen MR) is 99.8 cm³/mol. The lowest BCUT2D eigenvalue weighted by Gasteiger charge is -2.19. The molecule has 2 atom stereocenters. The largest absolute Gasteiger partial charge is 0.332 e. The zero-order valence-electron chi connectivity index (χ0n) is 14.5. The van der Waals surface area contributed by atoms with E-state index in [1.807, 2.05) is 44.2 Å². The maximum absolute atomic E-state index is 12.2. The minimum atomic E-state index is -3.30. The zero-order valence-corrected chi connectivity index (χ0v) is 15.3. The van der Waals surface area contributed by atoms with Crippen molar-refractivity contribution in [2.45, 2.75) is 25.9 Å². The van der Waals surface area contributed by atoms with Gasteiger partial charge in [0.15, 0.2) is 0 Å². The first-order chi connectivity index (χ1) is 11.7. The van der Waals surface area contributed by atoms with Crippen molar-refractivity contribution in [1.29, 1.82) is 0 Å². The molecule has 0 aliphatic carbocycles. The Morgan fingerprint density at radius 2 is 1.32 bits per heavy atom. The highest BCUT2D eigenvalue weighted by Crippen LogP contribution is 2.17. The monoisotopic (exact) mass is 361 g/mol. The second-order valence-corrected chi connectivity index (χ2v) is 7.72. The highest BCUT2D eigenvalue weighted by atomic mass is 32.2. The van der Waals surface area contributed by atoms with Crippen LogP contribution in [0.25, 0.3) is 0 Å². The maximum Gasteiger partial charge on any atom is 0.315 e. The van der Waals surface area contributed by atoms with E-state index in [1.165, 1.54) is 0 Å². The normalized spacial score (nSPS) is 13.6. The van der Waals surface area contributed by atoms with Crippen LogP contribution < -0.4 is 15.4 Å². The van der Waals surface area contributed by atoms with Gasteiger partial charge in [0.1, 0.15) is 0 Å². The Kier molecular flexibility index (Phi) is 6.03. The second-order valence-electron chi connectivity index (χ2n) is 5.97. The van der Waals surface area contributed by atoms with Gasteiger partial charge in [0.05, 0.1) is 18.3 Å². The molecule has 0 aliphatic heterocycles. The fraction of sp³-hybridized carbons (Fsp3) is 0.278. The molecule has 0 radical (unpaired) electrons. The molecule has 7 heteroatoms. The van der Waals surface area contributed by atoms with E-state index in [2.05, 4.69) is 15.4 Å². The quantitative estimate of drug-likeness (QED) is 0.738. The topological polar surface area (TPSA) is 87.3 Å². The molecule has 2 rings (SSSR count). The summed E-state index contributed by atoms with van der Waals surface area (Å²) in [6, 6.07) is 16.0. The van der Waals surface area contributed by atoms with E-state index in [4.69, 9.17) is 0 Å². The van der Waals surface area contributed by atoms with Gasteiger partial charge in [-0.2, -0.15) is 0 Å². The fourth-order valence-electron chi connectivity index (χ4n) is 2.40. The summed E-state index contributed by atoms with van der Waals surface area (Å²) in [5.41, 5.74) is 2.39. The van der Waals surface area contributed by atoms with Crippen molar-refractivity contribution in [3.8, 4) is 0 Å². The van der Waals surface area contributed by atoms with Gasteiger partial charge in [-0.15, -0.1) is 0 Å². The van der Waals surface area contributed by atoms with Crippen LogP contribution in [-0.2, 0) is 10.0 Å². The maximum atomic E-state index is 12.2. The van der Waals surface area contributed by atoms with E-state index < -0.39 is 10.0 Å². The number of urea groups is 1. The Bertz CT molecular complexity index is 805. The average Bonchev–Trinajstić information content (AvgIpc) is 2.54. The smallest absolute Gasteiger partial charge is 0.315 e. The summed E-state index contributed by atoms with van der Waals surface area (Å²) < 4.78 is 24.8. The third-order valence-corrected chi connectivity index (χ3v) is 4.32. The Balaban J connectivity index is 1.92. The highest BCUT2D eigenvalue weighted by Gasteiger charge is 2.13. The number of amides is 2. The molecular formula is C18H23N3O3S. The van der Waals surface area contributed by atoms with Crippen molar-refractivity contribution in [1.82, 2.24) is 10.6 Å². The zero-order chi connectivity index (χ0) is 18.4. The summed E-state index contributed by atoms with van der Waals surface area (Å²) in [5.74, 6) is 0. The summed E-state index contributed by atoms with van der Waals surface area (Å²) in [7, 11) is -3.30. The summed E-state index contributed by atoms with van der Waals surface area (Å²) in [6.45, 7) is 3.79. The number of sulfonamides is 1. The van der Waals surface area contributed by atoms with Gasteiger partial charge < -0.3 is 10.6 Å². The Morgan fingerprint density at radius 1 is 0.840 bits per heavy atom. The van der Waals surface area contributed by atoms with E-state index >= 15 is 0 Å². The average molecular weight is 361 g/mol. The number of carbonyl (C=O) groups is 1. The first kappa shape index (κ1) is 18.8. The Hall–Kier alpha value is -2.54. The molecule has 134 valence electrons. The van der Waals surface area contributed by atoms with Crippen molar-refractivity contribution < 1.29 is 13.2 Å². The van der Waals surface area contributed by atoms with Crippen LogP contribution in [0.1, 0.15) is 37.1 Å². The van der Waals surface area contributed by atoms with E-state index in [0.717, 1.165) is 17.4 Å². The number of hydrogen-bond acceptors (Lipinski definition) is 3. The van der Waals surface area contributed by atoms with Crippen LogP contribution in [0, 0.1) is 0 Å². The van der Waals surface area contributed by atoms with Gasteiger partial charge in [-0.3, -0.25) is 4.72 Å². The van der Waals surface area contributed by atoms with Gasteiger partial charge in [0, 0.05) is 5.69 Å². The summed E-state index contributed by atoms with van der Waals surface area (Å²) in [6.07, 6.45) is 1.10. The van der Waals surface area contributed by atoms with Crippen molar-refractivity contribution >= 4 is 21.7 Å². The van der Waals surface area contributed by atoms with Crippen molar-refractivity contribution in [3.63, 3.8) is 0 Å². The van der Waals surface area contributed by atoms with Crippen LogP contribution in [0.4, 0.5) is 10.5 Å². The van der Waals surface area contributed by atoms with Crippen LogP contribution in [-0.4, -0.2) is 20.7 Å². The summed E-state index contributed by atoms with van der Waals surface area (Å²) >= 11 is 0. The van der Waals surface area contributed by atoms with Gasteiger partial charge in [-0.05, 0) is 37.1 Å². The first-order valence-electron chi connectivity index (χ1n) is 7.94. The molecule has 0 aliphatic rings. The summed E-state index contributed by atoms with van der Waals surface area (Å²) in [5, 5.41) is 5.77. The molecular weight excluding hydrogens is 338 g/mol. The number of benzene rings is 2. The van der Waals surface area contributed by atoms with Gasteiger partial charge in [-0.1, -0.05) is 42.5 Å². The predicted octanol–water partition coefficient (Wildman–Crippen LogP) is 3.18. The van der Waals surface area contributed by atoms with Gasteiger partial charge >= 0.3 is 6.03 Å². The van der Waals surface area contributed by atoms with Crippen molar-refractivity contribution in [2.75, 3.05) is 11.0 Å². The van der Waals surface area contributed by atoms with E-state index in [0.29, 0.717) is 5.69 Å². The minimum absolute atomic E-state index is 0.102. The third-order valence-electron chi connectivity index (χ3n) is 3.71. The van der Waals surface area contributed by atoms with Crippen molar-refractivity contribution in [3.05, 3.63) is 65.7 Å². The SMILES string of the molecule is C[C@H](NC(=O)N[C@@H](C)c1ccc(NS(C)(=O)=O)cc1)c1ccccc1. The molecule has 6 nitrogen and oxygen atoms in total. The Labute approximate surface area is 148 Å². The first-order valence-corrected chi connectivity index (χ1v) is 9.83. The minimum Gasteiger partial charge on any atom is -0.332 e. The molecule has 0 aromatic heterocycles. The molecule has 2 amide bonds. The number of hydrogen-bond donors (Lipinski definition) is 3. The fourth-order valence-corrected chi connectivity index (χ4v) is 2.96. The molecule has 0 fully saturated rings. The van der Waals surface area contributed by atoms with E-state index in [1.54, 1.807) is 24.3 Å². The number of nitrogens with one attached hydrogen (secondary N) is 3. The lowest BCUT2D eigenvalue weighted by atomic mass is 10.1. The second kappa shape index (κ2) is 8.02. The van der Waals surface area contributed by atoms with Crippen LogP contribution in [0.15, 0.2) is 54.6 Å². The van der Waals surface area contributed by atoms with Gasteiger partial charge in [-0.25, -0.2) is 13.2 Å². The van der Waals surface area contributed by atoms with Gasteiger partial charge in [0.25, 0.3) is 0 Å². The number of anilines is 1. The lowest BCUT2D eigenvalue weighted by molar-refractivity contribution is 0.235. The highest BCUT2D eigenvalue weighted by molar-refractivity contribution is 7.92. The molecule has 0 saturated carbocycles. The molecule has 0 unspecified atom stereocenters. The van der Waals surface area contributed by atoms with Crippen LogP contribution in [0.5, 0.6) is 0 Å². The standard InChI is InChI=1S/C18H23N3O3S/c1-13(15-7-5-4-6-8-15)19-18(22)20-14(2)16-9-11-17(12-10-16)21-25(3,23)24/h4-14,21H,1-3H3,(H2,19,20,22)/t13-,14-/m0/s1. The molecule has 2 aromatic carbocycles. The van der Waals surface area contributed by atoms with Gasteiger partial charge in [0.2, 0.25) is 10.0 Å². The van der Waals surface area contributed by atoms with Crippen LogP contribution >= 0.6 is 0 Å². The Morgan fingerprint density at radius 3 is 1.80 bits per heavy atom. The number of carbonyl (C=O) groups excluding carboxylic acids is 1. The third kappa shape index (κ3) is 6.11.